The van der Waals surface area contributed by atoms with E-state index in [4.69, 9.17) is 0 Å². The maximum atomic E-state index is 4.05. The molecule has 0 radical (unpaired) electrons. The zero-order chi connectivity index (χ0) is 11.3. The molecule has 1 N–H and O–H groups in total. The van der Waals surface area contributed by atoms with Crippen molar-refractivity contribution < 1.29 is 4.90 Å². The zero-order valence-corrected chi connectivity index (χ0v) is 10.8. The summed E-state index contributed by atoms with van der Waals surface area (Å²) >= 11 is 0. The normalized spacial score (nSPS) is 28.7. The first-order valence-electron chi connectivity index (χ1n) is 6.66. The van der Waals surface area contributed by atoms with Crippen LogP contribution in [0.5, 0.6) is 0 Å². The van der Waals surface area contributed by atoms with Gasteiger partial charge in [-0.25, -0.2) is 0 Å². The molecule has 88 valence electrons. The highest BCUT2D eigenvalue weighted by Crippen LogP contribution is 2.25. The molecule has 0 saturated heterocycles. The minimum atomic E-state index is 0.912. The SMILES string of the molecule is C=C(C)C[NH+](CC)C1CCC(CC)CC1. The molecule has 1 unspecified atom stereocenters. The Kier molecular flexibility index (Phi) is 5.38. The second kappa shape index (κ2) is 6.32. The first-order valence-corrected chi connectivity index (χ1v) is 6.66. The molecule has 1 fully saturated rings. The highest BCUT2D eigenvalue weighted by atomic mass is 15.1. The lowest BCUT2D eigenvalue weighted by molar-refractivity contribution is -0.920. The highest BCUT2D eigenvalue weighted by Gasteiger charge is 2.26. The summed E-state index contributed by atoms with van der Waals surface area (Å²) in [6, 6.07) is 0.912. The van der Waals surface area contributed by atoms with Crippen LogP contribution in [0.4, 0.5) is 0 Å². The van der Waals surface area contributed by atoms with Crippen LogP contribution in [0.3, 0.4) is 0 Å². The quantitative estimate of drug-likeness (QED) is 0.665. The topological polar surface area (TPSA) is 4.44 Å². The summed E-state index contributed by atoms with van der Waals surface area (Å²) in [5.41, 5.74) is 1.34. The third-order valence-electron chi connectivity index (χ3n) is 3.98. The molecule has 0 aromatic heterocycles. The maximum Gasteiger partial charge on any atom is 0.0984 e. The maximum absolute atomic E-state index is 4.05. The summed E-state index contributed by atoms with van der Waals surface area (Å²) in [6.45, 7) is 13.3. The van der Waals surface area contributed by atoms with Gasteiger partial charge in [-0.05, 0) is 51.0 Å². The zero-order valence-electron chi connectivity index (χ0n) is 10.8. The van der Waals surface area contributed by atoms with Crippen LogP contribution in [-0.4, -0.2) is 19.1 Å². The first kappa shape index (κ1) is 12.8. The van der Waals surface area contributed by atoms with Crippen molar-refractivity contribution in [2.24, 2.45) is 5.92 Å². The van der Waals surface area contributed by atoms with Gasteiger partial charge >= 0.3 is 0 Å². The van der Waals surface area contributed by atoms with Gasteiger partial charge in [0.05, 0.1) is 19.1 Å². The van der Waals surface area contributed by atoms with E-state index in [2.05, 4.69) is 27.4 Å². The number of likely N-dealkylation sites (N-methyl/N-ethyl adjacent to an activating group) is 1. The third kappa shape index (κ3) is 3.98. The van der Waals surface area contributed by atoms with E-state index in [9.17, 15) is 0 Å². The molecule has 0 spiro atoms. The van der Waals surface area contributed by atoms with Gasteiger partial charge in [0.2, 0.25) is 0 Å². The second-order valence-corrected chi connectivity index (χ2v) is 5.27. The molecule has 1 heteroatoms. The summed E-state index contributed by atoms with van der Waals surface area (Å²) in [5.74, 6) is 1.02. The van der Waals surface area contributed by atoms with Gasteiger partial charge in [0.1, 0.15) is 0 Å². The van der Waals surface area contributed by atoms with Crippen molar-refractivity contribution in [3.63, 3.8) is 0 Å². The lowest BCUT2D eigenvalue weighted by atomic mass is 9.84. The van der Waals surface area contributed by atoms with Gasteiger partial charge in [0.25, 0.3) is 0 Å². The third-order valence-corrected chi connectivity index (χ3v) is 3.98. The van der Waals surface area contributed by atoms with Gasteiger partial charge in [-0.15, -0.1) is 0 Å². The Bertz CT molecular complexity index is 190. The first-order chi connectivity index (χ1) is 7.17. The number of quaternary nitrogens is 1. The van der Waals surface area contributed by atoms with E-state index in [0.29, 0.717) is 0 Å². The van der Waals surface area contributed by atoms with Crippen LogP contribution >= 0.6 is 0 Å². The molecular formula is C14H28N+. The van der Waals surface area contributed by atoms with Crippen LogP contribution in [0.2, 0.25) is 0 Å². The van der Waals surface area contributed by atoms with Crippen molar-refractivity contribution in [2.45, 2.75) is 58.9 Å². The van der Waals surface area contributed by atoms with Gasteiger partial charge in [-0.2, -0.15) is 0 Å². The molecule has 1 aliphatic carbocycles. The Morgan fingerprint density at radius 2 is 1.80 bits per heavy atom. The van der Waals surface area contributed by atoms with Crippen LogP contribution in [-0.2, 0) is 0 Å². The van der Waals surface area contributed by atoms with Gasteiger partial charge < -0.3 is 4.90 Å². The Morgan fingerprint density at radius 3 is 2.20 bits per heavy atom. The molecule has 1 saturated carbocycles. The minimum Gasteiger partial charge on any atom is -0.329 e. The van der Waals surface area contributed by atoms with Crippen molar-refractivity contribution in [1.82, 2.24) is 0 Å². The van der Waals surface area contributed by atoms with Crippen molar-refractivity contribution in [3.05, 3.63) is 12.2 Å². The van der Waals surface area contributed by atoms with Crippen LogP contribution in [0.15, 0.2) is 12.2 Å². The smallest absolute Gasteiger partial charge is 0.0984 e. The molecule has 1 rings (SSSR count). The predicted octanol–water partition coefficient (Wildman–Crippen LogP) is 2.44. The average Bonchev–Trinajstić information content (AvgIpc) is 2.26. The molecule has 0 aromatic rings. The largest absolute Gasteiger partial charge is 0.329 e. The fourth-order valence-electron chi connectivity index (χ4n) is 2.92. The standard InChI is InChI=1S/C14H27N/c1-5-13-7-9-14(10-8-13)15(6-2)11-12(3)4/h13-14H,3,5-11H2,1-2,4H3/p+1. The monoisotopic (exact) mass is 210 g/mol. The Balaban J connectivity index is 2.39. The molecule has 0 heterocycles. The Hall–Kier alpha value is -0.300. The van der Waals surface area contributed by atoms with Crippen LogP contribution in [0.1, 0.15) is 52.9 Å². The van der Waals surface area contributed by atoms with E-state index >= 15 is 0 Å². The summed E-state index contributed by atoms with van der Waals surface area (Å²) in [5, 5.41) is 0. The van der Waals surface area contributed by atoms with E-state index in [1.54, 1.807) is 4.90 Å². The summed E-state index contributed by atoms with van der Waals surface area (Å²) in [4.78, 5) is 1.76. The number of nitrogens with one attached hydrogen (secondary N) is 1. The fraction of sp³-hybridized carbons (Fsp3) is 0.857. The summed E-state index contributed by atoms with van der Waals surface area (Å²) < 4.78 is 0. The summed E-state index contributed by atoms with van der Waals surface area (Å²) in [6.07, 6.45) is 7.18. The molecule has 0 aliphatic heterocycles. The Labute approximate surface area is 95.5 Å². The molecule has 0 aromatic carbocycles. The van der Waals surface area contributed by atoms with Crippen LogP contribution in [0, 0.1) is 5.92 Å². The number of hydrogen-bond acceptors (Lipinski definition) is 0. The predicted molar refractivity (Wildman–Crippen MR) is 67.2 cm³/mol. The van der Waals surface area contributed by atoms with E-state index in [1.165, 1.54) is 50.8 Å². The number of rotatable bonds is 5. The minimum absolute atomic E-state index is 0.912. The van der Waals surface area contributed by atoms with Crippen LogP contribution < -0.4 is 4.90 Å². The molecule has 1 atom stereocenters. The van der Waals surface area contributed by atoms with E-state index < -0.39 is 0 Å². The van der Waals surface area contributed by atoms with E-state index in [1.807, 2.05) is 0 Å². The van der Waals surface area contributed by atoms with Gasteiger partial charge in [-0.3, -0.25) is 0 Å². The lowest BCUT2D eigenvalue weighted by Crippen LogP contribution is -3.15. The fourth-order valence-corrected chi connectivity index (χ4v) is 2.92. The average molecular weight is 210 g/mol. The molecule has 1 nitrogen and oxygen atoms in total. The van der Waals surface area contributed by atoms with Crippen molar-refractivity contribution in [1.29, 1.82) is 0 Å². The van der Waals surface area contributed by atoms with Crippen LogP contribution in [0.25, 0.3) is 0 Å². The lowest BCUT2D eigenvalue weighted by Gasteiger charge is -2.33. The molecule has 0 amide bonds. The highest BCUT2D eigenvalue weighted by molar-refractivity contribution is 4.87. The second-order valence-electron chi connectivity index (χ2n) is 5.27. The molecule has 1 aliphatic rings. The number of hydrogen-bond donors (Lipinski definition) is 1. The van der Waals surface area contributed by atoms with Gasteiger partial charge in [-0.1, -0.05) is 19.9 Å². The van der Waals surface area contributed by atoms with Crippen molar-refractivity contribution >= 4 is 0 Å². The molecule has 0 bridgehead atoms. The van der Waals surface area contributed by atoms with E-state index in [0.717, 1.165) is 12.0 Å². The molecule has 15 heavy (non-hydrogen) atoms. The van der Waals surface area contributed by atoms with E-state index in [-0.39, 0.29) is 0 Å². The van der Waals surface area contributed by atoms with Gasteiger partial charge in [0, 0.05) is 0 Å². The van der Waals surface area contributed by atoms with Crippen molar-refractivity contribution in [3.8, 4) is 0 Å². The summed E-state index contributed by atoms with van der Waals surface area (Å²) in [7, 11) is 0. The molecular weight excluding hydrogens is 182 g/mol. The Morgan fingerprint density at radius 1 is 1.20 bits per heavy atom. The van der Waals surface area contributed by atoms with Gasteiger partial charge in [0.15, 0.2) is 0 Å². The van der Waals surface area contributed by atoms with Crippen molar-refractivity contribution in [2.75, 3.05) is 13.1 Å².